The molecule has 1 aliphatic heterocycles. The van der Waals surface area contributed by atoms with Crippen LogP contribution < -0.4 is 5.73 Å². The van der Waals surface area contributed by atoms with Crippen molar-refractivity contribution in [2.24, 2.45) is 5.73 Å². The molecule has 0 spiro atoms. The molecule has 0 aromatic rings. The zero-order valence-corrected chi connectivity index (χ0v) is 5.73. The van der Waals surface area contributed by atoms with Crippen LogP contribution in [0.5, 0.6) is 0 Å². The number of rotatable bonds is 0. The fourth-order valence-corrected chi connectivity index (χ4v) is 1.16. The molecule has 0 radical (unpaired) electrons. The summed E-state index contributed by atoms with van der Waals surface area (Å²) in [6.45, 7) is 1.04. The normalized spacial score (nSPS) is 40.9. The van der Waals surface area contributed by atoms with Crippen LogP contribution in [0.4, 0.5) is 0 Å². The van der Waals surface area contributed by atoms with Gasteiger partial charge in [-0.05, 0) is 13.5 Å². The molecule has 0 aromatic carbocycles. The number of nitrogens with two attached hydrogens (primary N) is 1. The second kappa shape index (κ2) is 2.21. The molecule has 2 atom stereocenters. The minimum absolute atomic E-state index is 0.0648. The van der Waals surface area contributed by atoms with Crippen LogP contribution in [0.15, 0.2) is 0 Å². The number of hydrogen-bond acceptors (Lipinski definition) is 2. The van der Waals surface area contributed by atoms with Gasteiger partial charge in [-0.1, -0.05) is 0 Å². The molecule has 1 heterocycles. The number of hydrogen-bond donors (Lipinski definition) is 1. The molecule has 3 heteroatoms. The molecule has 1 saturated heterocycles. The molecule has 1 rings (SSSR count). The van der Waals surface area contributed by atoms with Gasteiger partial charge in [0.25, 0.3) is 0 Å². The Bertz CT molecular complexity index is 76.5. The highest BCUT2D eigenvalue weighted by atomic mass is 35.5. The van der Waals surface area contributed by atoms with E-state index in [0.29, 0.717) is 0 Å². The van der Waals surface area contributed by atoms with Crippen LogP contribution in [0.25, 0.3) is 0 Å². The first kappa shape index (κ1) is 6.33. The number of alkyl halides is 1. The first-order valence-corrected chi connectivity index (χ1v) is 3.25. The minimum Gasteiger partial charge on any atom is -0.325 e. The molecule has 2 nitrogen and oxygen atoms in total. The Labute approximate surface area is 54.6 Å². The van der Waals surface area contributed by atoms with Gasteiger partial charge in [-0.25, -0.2) is 0 Å². The van der Waals surface area contributed by atoms with E-state index < -0.39 is 0 Å². The average Bonchev–Trinajstić information content (AvgIpc) is 1.98. The highest BCUT2D eigenvalue weighted by Crippen LogP contribution is 2.16. The van der Waals surface area contributed by atoms with Gasteiger partial charge >= 0.3 is 0 Å². The van der Waals surface area contributed by atoms with Crippen LogP contribution in [-0.2, 0) is 0 Å². The van der Waals surface area contributed by atoms with E-state index in [-0.39, 0.29) is 11.5 Å². The summed E-state index contributed by atoms with van der Waals surface area (Å²) in [6.07, 6.45) is 1.03. The van der Waals surface area contributed by atoms with Crippen LogP contribution in [0.3, 0.4) is 0 Å². The zero-order chi connectivity index (χ0) is 6.15. The molecule has 0 aliphatic carbocycles. The standard InChI is InChI=1S/C5H11ClN2/c1-8-3-2-4(7)5(8)6/h4-5H,2-3,7H2,1H3. The molecule has 0 bridgehead atoms. The molecule has 8 heavy (non-hydrogen) atoms. The highest BCUT2D eigenvalue weighted by Gasteiger charge is 2.25. The lowest BCUT2D eigenvalue weighted by Gasteiger charge is -2.13. The van der Waals surface area contributed by atoms with Crippen molar-refractivity contribution >= 4 is 11.6 Å². The third-order valence-electron chi connectivity index (χ3n) is 1.59. The van der Waals surface area contributed by atoms with E-state index in [2.05, 4.69) is 4.90 Å². The zero-order valence-electron chi connectivity index (χ0n) is 4.97. The maximum atomic E-state index is 5.81. The Balaban J connectivity index is 2.44. The quantitative estimate of drug-likeness (QED) is 0.379. The van der Waals surface area contributed by atoms with Gasteiger partial charge in [-0.3, -0.25) is 4.90 Å². The van der Waals surface area contributed by atoms with Gasteiger partial charge < -0.3 is 5.73 Å². The average molecular weight is 135 g/mol. The van der Waals surface area contributed by atoms with Crippen molar-refractivity contribution in [3.63, 3.8) is 0 Å². The summed E-state index contributed by atoms with van der Waals surface area (Å²) in [5.41, 5.74) is 5.66. The van der Waals surface area contributed by atoms with Crippen molar-refractivity contribution in [1.29, 1.82) is 0 Å². The Morgan fingerprint density at radius 2 is 2.38 bits per heavy atom. The lowest BCUT2D eigenvalue weighted by atomic mass is 10.3. The van der Waals surface area contributed by atoms with Gasteiger partial charge in [-0.2, -0.15) is 0 Å². The second-order valence-electron chi connectivity index (χ2n) is 2.31. The van der Waals surface area contributed by atoms with E-state index in [1.165, 1.54) is 0 Å². The summed E-state index contributed by atoms with van der Waals surface area (Å²) in [6, 6.07) is 0.182. The van der Waals surface area contributed by atoms with Crippen molar-refractivity contribution < 1.29 is 0 Å². The van der Waals surface area contributed by atoms with Crippen molar-refractivity contribution in [2.45, 2.75) is 18.0 Å². The second-order valence-corrected chi connectivity index (χ2v) is 2.75. The molecule has 2 N–H and O–H groups in total. The van der Waals surface area contributed by atoms with Crippen molar-refractivity contribution in [3.05, 3.63) is 0 Å². The summed E-state index contributed by atoms with van der Waals surface area (Å²) in [7, 11) is 1.99. The molecule has 0 saturated carbocycles. The SMILES string of the molecule is CN1CCC(N)C1Cl. The number of likely N-dealkylation sites (N-methyl/N-ethyl adjacent to an activating group) is 1. The Morgan fingerprint density at radius 3 is 2.50 bits per heavy atom. The Kier molecular flexibility index (Phi) is 1.75. The summed E-state index contributed by atoms with van der Waals surface area (Å²) in [4.78, 5) is 2.06. The monoisotopic (exact) mass is 134 g/mol. The summed E-state index contributed by atoms with van der Waals surface area (Å²) < 4.78 is 0. The fraction of sp³-hybridized carbons (Fsp3) is 1.00. The minimum atomic E-state index is 0.0648. The topological polar surface area (TPSA) is 29.3 Å². The lowest BCUT2D eigenvalue weighted by Crippen LogP contribution is -2.32. The van der Waals surface area contributed by atoms with E-state index in [4.69, 9.17) is 17.3 Å². The van der Waals surface area contributed by atoms with Gasteiger partial charge in [0.1, 0.15) is 5.50 Å². The summed E-state index contributed by atoms with van der Waals surface area (Å²) in [5, 5.41) is 0. The summed E-state index contributed by atoms with van der Waals surface area (Å²) in [5.74, 6) is 0. The third kappa shape index (κ3) is 0.966. The number of nitrogens with zero attached hydrogens (tertiary/aromatic N) is 1. The molecule has 1 aliphatic rings. The van der Waals surface area contributed by atoms with Crippen LogP contribution in [-0.4, -0.2) is 30.0 Å². The van der Waals surface area contributed by atoms with Crippen LogP contribution in [0, 0.1) is 0 Å². The predicted octanol–water partition coefficient (Wildman–Crippen LogP) is 0.214. The maximum absolute atomic E-state index is 5.81. The maximum Gasteiger partial charge on any atom is 0.100 e. The summed E-state index contributed by atoms with van der Waals surface area (Å²) >= 11 is 5.81. The van der Waals surface area contributed by atoms with Crippen LogP contribution in [0.1, 0.15) is 6.42 Å². The first-order chi connectivity index (χ1) is 3.72. The largest absolute Gasteiger partial charge is 0.325 e. The molecular weight excluding hydrogens is 124 g/mol. The van der Waals surface area contributed by atoms with E-state index in [9.17, 15) is 0 Å². The smallest absolute Gasteiger partial charge is 0.100 e. The van der Waals surface area contributed by atoms with Gasteiger partial charge in [0.2, 0.25) is 0 Å². The molecule has 1 fully saturated rings. The van der Waals surface area contributed by atoms with Crippen LogP contribution in [0.2, 0.25) is 0 Å². The molecular formula is C5H11ClN2. The van der Waals surface area contributed by atoms with Gasteiger partial charge in [0.15, 0.2) is 0 Å². The van der Waals surface area contributed by atoms with Crippen molar-refractivity contribution in [1.82, 2.24) is 4.90 Å². The highest BCUT2D eigenvalue weighted by molar-refractivity contribution is 6.20. The Morgan fingerprint density at radius 1 is 1.75 bits per heavy atom. The molecule has 0 amide bonds. The van der Waals surface area contributed by atoms with Crippen molar-refractivity contribution in [3.8, 4) is 0 Å². The fourth-order valence-electron chi connectivity index (χ4n) is 0.940. The first-order valence-electron chi connectivity index (χ1n) is 2.81. The Hall–Kier alpha value is 0.210. The number of likely N-dealkylation sites (tertiary alicyclic amines) is 1. The van der Waals surface area contributed by atoms with Gasteiger partial charge in [-0.15, -0.1) is 11.6 Å². The van der Waals surface area contributed by atoms with E-state index in [1.54, 1.807) is 0 Å². The lowest BCUT2D eigenvalue weighted by molar-refractivity contribution is 0.376. The van der Waals surface area contributed by atoms with Crippen molar-refractivity contribution in [2.75, 3.05) is 13.6 Å². The van der Waals surface area contributed by atoms with E-state index in [1.807, 2.05) is 7.05 Å². The molecule has 2 unspecified atom stereocenters. The molecule has 48 valence electrons. The number of halogens is 1. The predicted molar refractivity (Wildman–Crippen MR) is 34.9 cm³/mol. The van der Waals surface area contributed by atoms with Crippen LogP contribution >= 0.6 is 11.6 Å². The third-order valence-corrected chi connectivity index (χ3v) is 2.25. The van der Waals surface area contributed by atoms with E-state index in [0.717, 1.165) is 13.0 Å². The molecule has 0 aromatic heterocycles. The van der Waals surface area contributed by atoms with Gasteiger partial charge in [0, 0.05) is 12.6 Å². The van der Waals surface area contributed by atoms with E-state index >= 15 is 0 Å². The van der Waals surface area contributed by atoms with Gasteiger partial charge in [0.05, 0.1) is 0 Å².